The highest BCUT2D eigenvalue weighted by Gasteiger charge is 2.21. The largest absolute Gasteiger partial charge is 0.368 e. The highest BCUT2D eigenvalue weighted by Crippen LogP contribution is 2.27. The number of guanidine groups is 1. The van der Waals surface area contributed by atoms with Crippen LogP contribution in [0, 0.1) is 5.92 Å². The lowest BCUT2D eigenvalue weighted by molar-refractivity contribution is 0.190. The number of hydrogen-bond acceptors (Lipinski definition) is 2. The molecule has 0 aliphatic carbocycles. The second-order valence-corrected chi connectivity index (χ2v) is 12.0. The van der Waals surface area contributed by atoms with E-state index < -0.39 is 0 Å². The van der Waals surface area contributed by atoms with E-state index in [1.165, 1.54) is 22.3 Å². The van der Waals surface area contributed by atoms with Crippen LogP contribution in [-0.2, 0) is 18.4 Å². The van der Waals surface area contributed by atoms with Crippen molar-refractivity contribution in [1.82, 2.24) is 5.01 Å². The molecule has 0 saturated carbocycles. The zero-order valence-corrected chi connectivity index (χ0v) is 24.0. The van der Waals surface area contributed by atoms with Gasteiger partial charge in [-0.1, -0.05) is 101 Å². The van der Waals surface area contributed by atoms with Crippen LogP contribution in [0.25, 0.3) is 0 Å². The summed E-state index contributed by atoms with van der Waals surface area (Å²) in [5.41, 5.74) is 13.3. The van der Waals surface area contributed by atoms with E-state index in [9.17, 15) is 0 Å². The van der Waals surface area contributed by atoms with E-state index in [1.807, 2.05) is 0 Å². The van der Waals surface area contributed by atoms with Gasteiger partial charge in [0.1, 0.15) is 0 Å². The van der Waals surface area contributed by atoms with Crippen molar-refractivity contribution < 1.29 is 0 Å². The lowest BCUT2D eigenvalue weighted by atomic mass is 9.87. The first-order valence-electron chi connectivity index (χ1n) is 14.3. The first-order valence-corrected chi connectivity index (χ1v) is 14.3. The molecular formula is C34H46N4. The SMILES string of the molecule is CCC(C)c1ccc(N(Cc2ccc(C(C)(C)C)cc2)C(N)=NN2CCC(Cc3ccccc3)CC2)cc1. The molecule has 38 heavy (non-hydrogen) atoms. The second kappa shape index (κ2) is 12.5. The smallest absolute Gasteiger partial charge is 0.218 e. The van der Waals surface area contributed by atoms with Crippen molar-refractivity contribution in [1.29, 1.82) is 0 Å². The van der Waals surface area contributed by atoms with Gasteiger partial charge in [0, 0.05) is 18.8 Å². The fourth-order valence-electron chi connectivity index (χ4n) is 5.19. The molecule has 1 saturated heterocycles. The summed E-state index contributed by atoms with van der Waals surface area (Å²) < 4.78 is 0. The highest BCUT2D eigenvalue weighted by atomic mass is 15.5. The van der Waals surface area contributed by atoms with Gasteiger partial charge in [-0.3, -0.25) is 5.01 Å². The van der Waals surface area contributed by atoms with Crippen LogP contribution in [0.1, 0.15) is 82.1 Å². The van der Waals surface area contributed by atoms with Crippen LogP contribution in [0.4, 0.5) is 5.69 Å². The van der Waals surface area contributed by atoms with Crippen LogP contribution in [0.2, 0.25) is 0 Å². The molecular weight excluding hydrogens is 464 g/mol. The van der Waals surface area contributed by atoms with Gasteiger partial charge < -0.3 is 10.6 Å². The Morgan fingerprint density at radius 1 is 0.921 bits per heavy atom. The summed E-state index contributed by atoms with van der Waals surface area (Å²) in [6, 6.07) is 28.6. The van der Waals surface area contributed by atoms with Crippen molar-refractivity contribution in [2.45, 2.75) is 78.2 Å². The van der Waals surface area contributed by atoms with E-state index in [0.29, 0.717) is 24.3 Å². The number of anilines is 1. The summed E-state index contributed by atoms with van der Waals surface area (Å²) in [4.78, 5) is 2.16. The maximum absolute atomic E-state index is 6.74. The Kier molecular flexibility index (Phi) is 9.14. The normalized spacial score (nSPS) is 15.9. The van der Waals surface area contributed by atoms with Crippen molar-refractivity contribution in [2.75, 3.05) is 18.0 Å². The maximum atomic E-state index is 6.74. The molecule has 0 aromatic heterocycles. The minimum atomic E-state index is 0.136. The molecule has 1 unspecified atom stereocenters. The van der Waals surface area contributed by atoms with Crippen LogP contribution < -0.4 is 10.6 Å². The molecule has 4 nitrogen and oxygen atoms in total. The minimum absolute atomic E-state index is 0.136. The van der Waals surface area contributed by atoms with E-state index in [-0.39, 0.29) is 5.41 Å². The van der Waals surface area contributed by atoms with Gasteiger partial charge in [0.15, 0.2) is 0 Å². The van der Waals surface area contributed by atoms with Crippen LogP contribution >= 0.6 is 0 Å². The van der Waals surface area contributed by atoms with E-state index >= 15 is 0 Å². The molecule has 0 radical (unpaired) electrons. The third-order valence-electron chi connectivity index (χ3n) is 8.03. The molecule has 1 heterocycles. The molecule has 202 valence electrons. The van der Waals surface area contributed by atoms with Crippen molar-refractivity contribution >= 4 is 11.6 Å². The summed E-state index contributed by atoms with van der Waals surface area (Å²) in [6.45, 7) is 13.8. The van der Waals surface area contributed by atoms with Crippen LogP contribution in [-0.4, -0.2) is 24.1 Å². The summed E-state index contributed by atoms with van der Waals surface area (Å²) in [7, 11) is 0. The van der Waals surface area contributed by atoms with Crippen LogP contribution in [0.15, 0.2) is 84.0 Å². The standard InChI is InChI=1S/C34H46N4/c1-6-26(2)30-14-18-32(19-15-30)38(25-29-12-16-31(17-13-29)34(3,4)5)33(35)36-37-22-20-28(21-23-37)24-27-10-8-7-9-11-27/h7-19,26,28H,6,20-25H2,1-5H3,(H2,35,36). The van der Waals surface area contributed by atoms with Gasteiger partial charge in [0.25, 0.3) is 0 Å². The number of nitrogens with two attached hydrogens (primary N) is 1. The maximum Gasteiger partial charge on any atom is 0.218 e. The predicted octanol–water partition coefficient (Wildman–Crippen LogP) is 7.69. The summed E-state index contributed by atoms with van der Waals surface area (Å²) >= 11 is 0. The molecule has 1 aliphatic heterocycles. The molecule has 0 bridgehead atoms. The van der Waals surface area contributed by atoms with E-state index in [0.717, 1.165) is 44.5 Å². The minimum Gasteiger partial charge on any atom is -0.368 e. The molecule has 1 atom stereocenters. The predicted molar refractivity (Wildman–Crippen MR) is 163 cm³/mol. The molecule has 1 aliphatic rings. The number of piperidine rings is 1. The third kappa shape index (κ3) is 7.40. The lowest BCUT2D eigenvalue weighted by Gasteiger charge is -2.32. The van der Waals surface area contributed by atoms with Crippen molar-refractivity contribution in [3.05, 3.63) is 101 Å². The summed E-state index contributed by atoms with van der Waals surface area (Å²) in [5, 5.41) is 7.10. The van der Waals surface area contributed by atoms with Gasteiger partial charge >= 0.3 is 0 Å². The topological polar surface area (TPSA) is 44.9 Å². The summed E-state index contributed by atoms with van der Waals surface area (Å²) in [5.74, 6) is 1.81. The van der Waals surface area contributed by atoms with E-state index in [1.54, 1.807) is 0 Å². The van der Waals surface area contributed by atoms with Gasteiger partial charge in [-0.25, -0.2) is 0 Å². The Bertz CT molecular complexity index is 1150. The fourth-order valence-corrected chi connectivity index (χ4v) is 5.19. The van der Waals surface area contributed by atoms with E-state index in [2.05, 4.69) is 123 Å². The zero-order chi connectivity index (χ0) is 27.1. The Labute approximate surface area is 230 Å². The van der Waals surface area contributed by atoms with Gasteiger partial charge in [-0.2, -0.15) is 0 Å². The molecule has 0 amide bonds. The molecule has 4 heteroatoms. The molecule has 4 rings (SSSR count). The molecule has 0 spiro atoms. The molecule has 1 fully saturated rings. The Morgan fingerprint density at radius 3 is 2.13 bits per heavy atom. The average molecular weight is 511 g/mol. The van der Waals surface area contributed by atoms with Gasteiger partial charge in [-0.15, -0.1) is 5.10 Å². The van der Waals surface area contributed by atoms with Crippen molar-refractivity contribution in [3.63, 3.8) is 0 Å². The lowest BCUT2D eigenvalue weighted by Crippen LogP contribution is -2.41. The van der Waals surface area contributed by atoms with Gasteiger partial charge in [-0.05, 0) is 77.3 Å². The zero-order valence-electron chi connectivity index (χ0n) is 24.0. The highest BCUT2D eigenvalue weighted by molar-refractivity contribution is 5.94. The fraction of sp³-hybridized carbons (Fsp3) is 0.441. The number of nitrogens with zero attached hydrogens (tertiary/aromatic N) is 3. The Balaban J connectivity index is 1.49. The second-order valence-electron chi connectivity index (χ2n) is 12.0. The first-order chi connectivity index (χ1) is 18.2. The monoisotopic (exact) mass is 510 g/mol. The molecule has 3 aromatic carbocycles. The Morgan fingerprint density at radius 2 is 1.55 bits per heavy atom. The molecule has 2 N–H and O–H groups in total. The van der Waals surface area contributed by atoms with Gasteiger partial charge in [0.2, 0.25) is 5.96 Å². The van der Waals surface area contributed by atoms with Crippen molar-refractivity contribution in [2.24, 2.45) is 16.8 Å². The number of benzene rings is 3. The van der Waals surface area contributed by atoms with E-state index in [4.69, 9.17) is 10.8 Å². The quantitative estimate of drug-likeness (QED) is 0.250. The third-order valence-corrected chi connectivity index (χ3v) is 8.03. The van der Waals surface area contributed by atoms with Gasteiger partial charge in [0.05, 0.1) is 6.54 Å². The Hall–Kier alpha value is -3.27. The first kappa shape index (κ1) is 27.8. The average Bonchev–Trinajstić information content (AvgIpc) is 2.93. The van der Waals surface area contributed by atoms with Crippen LogP contribution in [0.5, 0.6) is 0 Å². The summed E-state index contributed by atoms with van der Waals surface area (Å²) in [6.07, 6.45) is 4.56. The van der Waals surface area contributed by atoms with Crippen molar-refractivity contribution in [3.8, 4) is 0 Å². The number of hydrogen-bond donors (Lipinski definition) is 1. The number of hydrazone groups is 1. The molecule has 3 aromatic rings. The number of rotatable bonds is 8. The van der Waals surface area contributed by atoms with Crippen LogP contribution in [0.3, 0.4) is 0 Å².